The highest BCUT2D eigenvalue weighted by Gasteiger charge is 2.17. The van der Waals surface area contributed by atoms with Gasteiger partial charge in [-0.2, -0.15) is 0 Å². The van der Waals surface area contributed by atoms with Crippen molar-refractivity contribution in [3.8, 4) is 11.5 Å². The average Bonchev–Trinajstić information content (AvgIpc) is 2.63. The number of fused-ring (bicyclic) bond motifs is 1. The summed E-state index contributed by atoms with van der Waals surface area (Å²) in [5.74, 6) is -0.0980. The Bertz CT molecular complexity index is 802. The number of carbonyl (C=O) groups excluding carboxylic acids is 2. The molecule has 2 unspecified atom stereocenters. The maximum absolute atomic E-state index is 11.7. The summed E-state index contributed by atoms with van der Waals surface area (Å²) < 4.78 is 10.7. The second kappa shape index (κ2) is 8.98. The van der Waals surface area contributed by atoms with Gasteiger partial charge in [-0.25, -0.2) is 0 Å². The number of carbonyl (C=O) groups is 2. The molecule has 0 bridgehead atoms. The zero-order valence-corrected chi connectivity index (χ0v) is 15.3. The van der Waals surface area contributed by atoms with Gasteiger partial charge in [0.25, 0.3) is 0 Å². The molecular weight excluding hydrogens is 360 g/mol. The standard InChI is InChI=1S/C19H21ClO6/c1-3-17(22)25-15-7-8-16(26-18(23)4-2)13-9-11(5-6-12(13)15)10-14(21)19(20)24/h5-9,14,19,21,24H,3-4,10H2,1-2H3. The van der Waals surface area contributed by atoms with E-state index in [1.54, 1.807) is 44.2 Å². The molecule has 2 atom stereocenters. The average molecular weight is 381 g/mol. The molecule has 0 aliphatic rings. The molecule has 0 spiro atoms. The lowest BCUT2D eigenvalue weighted by Gasteiger charge is -2.15. The summed E-state index contributed by atoms with van der Waals surface area (Å²) in [5, 5.41) is 20.2. The normalized spacial score (nSPS) is 13.3. The minimum atomic E-state index is -1.39. The molecule has 0 saturated carbocycles. The topological polar surface area (TPSA) is 93.1 Å². The number of aliphatic hydroxyl groups excluding tert-OH is 2. The fourth-order valence-corrected chi connectivity index (χ4v) is 2.46. The summed E-state index contributed by atoms with van der Waals surface area (Å²) in [5.41, 5.74) is -0.711. The second-order valence-electron chi connectivity index (χ2n) is 5.74. The van der Waals surface area contributed by atoms with Crippen molar-refractivity contribution in [3.05, 3.63) is 35.9 Å². The maximum Gasteiger partial charge on any atom is 0.310 e. The largest absolute Gasteiger partial charge is 0.426 e. The molecular formula is C19H21ClO6. The summed E-state index contributed by atoms with van der Waals surface area (Å²) >= 11 is 5.49. The van der Waals surface area contributed by atoms with Gasteiger partial charge in [-0.1, -0.05) is 37.6 Å². The van der Waals surface area contributed by atoms with Crippen LogP contribution in [0.4, 0.5) is 0 Å². The van der Waals surface area contributed by atoms with Gasteiger partial charge in [-0.3, -0.25) is 9.59 Å². The Hall–Kier alpha value is -2.15. The van der Waals surface area contributed by atoms with Gasteiger partial charge in [0.1, 0.15) is 11.5 Å². The van der Waals surface area contributed by atoms with Gasteiger partial charge in [0, 0.05) is 30.0 Å². The molecule has 7 heteroatoms. The van der Waals surface area contributed by atoms with Gasteiger partial charge >= 0.3 is 11.9 Å². The Balaban J connectivity index is 2.50. The quantitative estimate of drug-likeness (QED) is 0.436. The molecule has 2 rings (SSSR count). The highest BCUT2D eigenvalue weighted by atomic mass is 35.5. The molecule has 6 nitrogen and oxygen atoms in total. The van der Waals surface area contributed by atoms with Crippen molar-refractivity contribution in [1.29, 1.82) is 0 Å². The molecule has 0 saturated heterocycles. The van der Waals surface area contributed by atoms with E-state index in [9.17, 15) is 19.8 Å². The predicted octanol–water partition coefficient (Wildman–Crippen LogP) is 2.93. The van der Waals surface area contributed by atoms with E-state index in [2.05, 4.69) is 0 Å². The van der Waals surface area contributed by atoms with Crippen molar-refractivity contribution in [2.24, 2.45) is 0 Å². The van der Waals surface area contributed by atoms with Crippen molar-refractivity contribution < 1.29 is 29.3 Å². The van der Waals surface area contributed by atoms with Gasteiger partial charge < -0.3 is 19.7 Å². The lowest BCUT2D eigenvalue weighted by Crippen LogP contribution is -2.22. The molecule has 0 amide bonds. The third kappa shape index (κ3) is 4.94. The summed E-state index contributed by atoms with van der Waals surface area (Å²) in [4.78, 5) is 23.3. The van der Waals surface area contributed by atoms with Crippen LogP contribution in [0.2, 0.25) is 0 Å². The van der Waals surface area contributed by atoms with Crippen LogP contribution in [0.3, 0.4) is 0 Å². The van der Waals surface area contributed by atoms with E-state index in [4.69, 9.17) is 21.1 Å². The minimum Gasteiger partial charge on any atom is -0.426 e. The zero-order valence-electron chi connectivity index (χ0n) is 14.6. The van der Waals surface area contributed by atoms with E-state index in [-0.39, 0.29) is 25.2 Å². The summed E-state index contributed by atoms with van der Waals surface area (Å²) in [6.45, 7) is 3.38. The molecule has 0 heterocycles. The minimum absolute atomic E-state index is 0.112. The van der Waals surface area contributed by atoms with Crippen LogP contribution in [-0.4, -0.2) is 33.8 Å². The molecule has 0 aromatic heterocycles. The van der Waals surface area contributed by atoms with Crippen molar-refractivity contribution in [2.45, 2.75) is 44.8 Å². The van der Waals surface area contributed by atoms with Crippen LogP contribution in [-0.2, 0) is 16.0 Å². The first-order valence-electron chi connectivity index (χ1n) is 8.32. The first-order chi connectivity index (χ1) is 12.3. The van der Waals surface area contributed by atoms with Gasteiger partial charge in [0.05, 0.1) is 6.10 Å². The van der Waals surface area contributed by atoms with E-state index in [1.165, 1.54) is 0 Å². The fourth-order valence-electron chi connectivity index (χ4n) is 2.37. The first-order valence-corrected chi connectivity index (χ1v) is 8.76. The van der Waals surface area contributed by atoms with E-state index in [1.807, 2.05) is 0 Å². The Labute approximate surface area is 156 Å². The number of hydrogen-bond donors (Lipinski definition) is 2. The van der Waals surface area contributed by atoms with E-state index < -0.39 is 17.6 Å². The molecule has 2 aromatic rings. The number of esters is 2. The highest BCUT2D eigenvalue weighted by Crippen LogP contribution is 2.35. The summed E-state index contributed by atoms with van der Waals surface area (Å²) in [6, 6.07) is 8.27. The van der Waals surface area contributed by atoms with Crippen LogP contribution in [0.25, 0.3) is 10.8 Å². The van der Waals surface area contributed by atoms with Crippen molar-refractivity contribution in [3.63, 3.8) is 0 Å². The number of hydrogen-bond acceptors (Lipinski definition) is 6. The Kier molecular flexibility index (Phi) is 6.97. The van der Waals surface area contributed by atoms with Crippen molar-refractivity contribution >= 4 is 34.3 Å². The third-order valence-electron chi connectivity index (χ3n) is 3.79. The first kappa shape index (κ1) is 20.2. The molecule has 0 radical (unpaired) electrons. The number of benzene rings is 2. The smallest absolute Gasteiger partial charge is 0.310 e. The van der Waals surface area contributed by atoms with Gasteiger partial charge in [0.15, 0.2) is 5.56 Å². The van der Waals surface area contributed by atoms with E-state index >= 15 is 0 Å². The molecule has 26 heavy (non-hydrogen) atoms. The fraction of sp³-hybridized carbons (Fsp3) is 0.368. The molecule has 0 aliphatic carbocycles. The number of halogens is 1. The van der Waals surface area contributed by atoms with E-state index in [0.29, 0.717) is 27.8 Å². The number of aliphatic hydroxyl groups is 2. The lowest BCUT2D eigenvalue weighted by molar-refractivity contribution is -0.135. The second-order valence-corrected chi connectivity index (χ2v) is 6.19. The van der Waals surface area contributed by atoms with Gasteiger partial charge in [-0.05, 0) is 23.8 Å². The SMILES string of the molecule is CCC(=O)Oc1ccc(OC(=O)CC)c2cc(CC(O)C(O)Cl)ccc12. The molecule has 140 valence electrons. The van der Waals surface area contributed by atoms with Crippen LogP contribution in [0, 0.1) is 0 Å². The molecule has 0 aliphatic heterocycles. The number of rotatable bonds is 7. The maximum atomic E-state index is 11.7. The van der Waals surface area contributed by atoms with E-state index in [0.717, 1.165) is 0 Å². The van der Waals surface area contributed by atoms with Crippen LogP contribution in [0.5, 0.6) is 11.5 Å². The van der Waals surface area contributed by atoms with Crippen LogP contribution in [0.1, 0.15) is 32.3 Å². The molecule has 0 fully saturated rings. The van der Waals surface area contributed by atoms with Crippen LogP contribution >= 0.6 is 11.6 Å². The lowest BCUT2D eigenvalue weighted by atomic mass is 10.0. The summed E-state index contributed by atoms with van der Waals surface area (Å²) in [6.07, 6.45) is -0.589. The zero-order chi connectivity index (χ0) is 19.3. The molecule has 2 aromatic carbocycles. The molecule has 2 N–H and O–H groups in total. The Morgan fingerprint density at radius 1 is 0.962 bits per heavy atom. The van der Waals surface area contributed by atoms with Gasteiger partial charge in [-0.15, -0.1) is 0 Å². The number of ether oxygens (including phenoxy) is 2. The Morgan fingerprint density at radius 3 is 2.00 bits per heavy atom. The van der Waals surface area contributed by atoms with Gasteiger partial charge in [0.2, 0.25) is 0 Å². The highest BCUT2D eigenvalue weighted by molar-refractivity contribution is 6.19. The van der Waals surface area contributed by atoms with Crippen molar-refractivity contribution in [2.75, 3.05) is 0 Å². The van der Waals surface area contributed by atoms with Crippen molar-refractivity contribution in [1.82, 2.24) is 0 Å². The summed E-state index contributed by atoms with van der Waals surface area (Å²) in [7, 11) is 0. The monoisotopic (exact) mass is 380 g/mol. The van der Waals surface area contributed by atoms with Crippen LogP contribution < -0.4 is 9.47 Å². The third-order valence-corrected chi connectivity index (χ3v) is 4.08. The predicted molar refractivity (Wildman–Crippen MR) is 97.4 cm³/mol. The Morgan fingerprint density at radius 2 is 1.50 bits per heavy atom. The number of alkyl halides is 1. The van der Waals surface area contributed by atoms with Crippen LogP contribution in [0.15, 0.2) is 30.3 Å².